The Kier molecular flexibility index (Phi) is 4.48. The number of morpholine rings is 1. The maximum atomic E-state index is 13.3. The second kappa shape index (κ2) is 7.16. The van der Waals surface area contributed by atoms with Gasteiger partial charge in [-0.05, 0) is 12.1 Å². The molecule has 5 rings (SSSR count). The summed E-state index contributed by atoms with van der Waals surface area (Å²) in [6.07, 6.45) is 0. The largest absolute Gasteiger partial charge is 0.379 e. The SMILES string of the molecule is Cn1c(=O)n(CCN2CCOCC2)c(=O)c2c1nc1n2CCN1c1ccccc1. The highest BCUT2D eigenvalue weighted by Gasteiger charge is 2.28. The highest BCUT2D eigenvalue weighted by Crippen LogP contribution is 2.31. The van der Waals surface area contributed by atoms with E-state index >= 15 is 0 Å². The topological polar surface area (TPSA) is 77.5 Å². The lowest BCUT2D eigenvalue weighted by molar-refractivity contribution is 0.0361. The van der Waals surface area contributed by atoms with Crippen LogP contribution in [0.3, 0.4) is 0 Å². The van der Waals surface area contributed by atoms with Crippen molar-refractivity contribution in [2.24, 2.45) is 7.05 Å². The summed E-state index contributed by atoms with van der Waals surface area (Å²) in [5, 5.41) is 0. The minimum absolute atomic E-state index is 0.259. The van der Waals surface area contributed by atoms with E-state index in [1.165, 1.54) is 9.13 Å². The van der Waals surface area contributed by atoms with E-state index in [2.05, 4.69) is 14.8 Å². The summed E-state index contributed by atoms with van der Waals surface area (Å²) in [6, 6.07) is 9.98. The monoisotopic (exact) mass is 396 g/mol. The molecule has 9 nitrogen and oxygen atoms in total. The molecule has 3 aromatic rings. The molecule has 152 valence electrons. The summed E-state index contributed by atoms with van der Waals surface area (Å²) in [5.41, 5.74) is 1.39. The lowest BCUT2D eigenvalue weighted by Crippen LogP contribution is -2.44. The summed E-state index contributed by atoms with van der Waals surface area (Å²) in [4.78, 5) is 35.1. The summed E-state index contributed by atoms with van der Waals surface area (Å²) < 4.78 is 10.1. The molecule has 2 aromatic heterocycles. The quantitative estimate of drug-likeness (QED) is 0.635. The van der Waals surface area contributed by atoms with E-state index in [4.69, 9.17) is 4.74 Å². The van der Waals surface area contributed by atoms with Gasteiger partial charge in [0.25, 0.3) is 5.56 Å². The predicted molar refractivity (Wildman–Crippen MR) is 110 cm³/mol. The highest BCUT2D eigenvalue weighted by atomic mass is 16.5. The van der Waals surface area contributed by atoms with Crippen LogP contribution < -0.4 is 16.1 Å². The Morgan fingerprint density at radius 3 is 2.52 bits per heavy atom. The minimum Gasteiger partial charge on any atom is -0.379 e. The van der Waals surface area contributed by atoms with Gasteiger partial charge in [0.2, 0.25) is 5.95 Å². The average Bonchev–Trinajstić information content (AvgIpc) is 3.33. The van der Waals surface area contributed by atoms with Gasteiger partial charge in [-0.25, -0.2) is 4.79 Å². The van der Waals surface area contributed by atoms with Gasteiger partial charge in [0.05, 0.1) is 13.2 Å². The molecule has 4 heterocycles. The molecule has 0 saturated carbocycles. The number of aryl methyl sites for hydroxylation is 1. The molecule has 9 heteroatoms. The number of para-hydroxylation sites is 1. The van der Waals surface area contributed by atoms with Crippen molar-refractivity contribution < 1.29 is 4.74 Å². The highest BCUT2D eigenvalue weighted by molar-refractivity contribution is 5.77. The van der Waals surface area contributed by atoms with Crippen molar-refractivity contribution in [1.29, 1.82) is 0 Å². The first-order chi connectivity index (χ1) is 14.1. The van der Waals surface area contributed by atoms with E-state index in [0.29, 0.717) is 50.0 Å². The van der Waals surface area contributed by atoms with Crippen LogP contribution in [0.1, 0.15) is 0 Å². The number of rotatable bonds is 4. The van der Waals surface area contributed by atoms with Crippen molar-refractivity contribution in [3.05, 3.63) is 51.2 Å². The number of hydrogen-bond acceptors (Lipinski definition) is 6. The summed E-state index contributed by atoms with van der Waals surface area (Å²) >= 11 is 0. The molecule has 0 aliphatic carbocycles. The van der Waals surface area contributed by atoms with Crippen molar-refractivity contribution in [3.8, 4) is 0 Å². The smallest absolute Gasteiger partial charge is 0.332 e. The Labute approximate surface area is 167 Å². The first-order valence-corrected chi connectivity index (χ1v) is 9.98. The van der Waals surface area contributed by atoms with Gasteiger partial charge in [0.15, 0.2) is 11.2 Å². The Morgan fingerprint density at radius 2 is 1.76 bits per heavy atom. The number of anilines is 2. The zero-order valence-corrected chi connectivity index (χ0v) is 16.5. The molecule has 2 aliphatic heterocycles. The molecule has 0 amide bonds. The molecule has 1 aromatic carbocycles. The number of fused-ring (bicyclic) bond motifs is 3. The van der Waals surface area contributed by atoms with Crippen molar-refractivity contribution in [3.63, 3.8) is 0 Å². The number of aromatic nitrogens is 4. The van der Waals surface area contributed by atoms with Crippen molar-refractivity contribution >= 4 is 22.8 Å². The number of imidazole rings is 1. The Balaban J connectivity index is 1.56. The average molecular weight is 396 g/mol. The van der Waals surface area contributed by atoms with Crippen molar-refractivity contribution in [1.82, 2.24) is 23.6 Å². The predicted octanol–water partition coefficient (Wildman–Crippen LogP) is 0.381. The summed E-state index contributed by atoms with van der Waals surface area (Å²) in [5.74, 6) is 0.712. The molecular formula is C20H24N6O3. The zero-order chi connectivity index (χ0) is 20.0. The molecule has 1 saturated heterocycles. The van der Waals surface area contributed by atoms with Crippen LogP contribution in [0.15, 0.2) is 39.9 Å². The molecule has 0 atom stereocenters. The van der Waals surface area contributed by atoms with Crippen molar-refractivity contribution in [2.45, 2.75) is 13.1 Å². The van der Waals surface area contributed by atoms with E-state index < -0.39 is 0 Å². The first-order valence-electron chi connectivity index (χ1n) is 9.98. The summed E-state index contributed by atoms with van der Waals surface area (Å²) in [7, 11) is 1.69. The normalized spacial score (nSPS) is 17.2. The molecule has 0 radical (unpaired) electrons. The number of nitrogens with zero attached hydrogens (tertiary/aromatic N) is 6. The molecule has 0 bridgehead atoms. The lowest BCUT2D eigenvalue weighted by atomic mass is 10.3. The molecule has 0 N–H and O–H groups in total. The third-order valence-electron chi connectivity index (χ3n) is 5.81. The molecular weight excluding hydrogens is 372 g/mol. The first kappa shape index (κ1) is 18.1. The number of benzene rings is 1. The fraction of sp³-hybridized carbons (Fsp3) is 0.450. The fourth-order valence-corrected chi connectivity index (χ4v) is 4.19. The maximum absolute atomic E-state index is 13.3. The van der Waals surface area contributed by atoms with Gasteiger partial charge in [-0.2, -0.15) is 4.98 Å². The Bertz CT molecular complexity index is 1160. The van der Waals surface area contributed by atoms with Gasteiger partial charge in [-0.3, -0.25) is 18.8 Å². The van der Waals surface area contributed by atoms with E-state index in [0.717, 1.165) is 25.3 Å². The van der Waals surface area contributed by atoms with Gasteiger partial charge in [-0.15, -0.1) is 0 Å². The van der Waals surface area contributed by atoms with Gasteiger partial charge < -0.3 is 14.2 Å². The summed E-state index contributed by atoms with van der Waals surface area (Å²) in [6.45, 7) is 5.47. The van der Waals surface area contributed by atoms with E-state index in [1.54, 1.807) is 7.05 Å². The molecule has 29 heavy (non-hydrogen) atoms. The standard InChI is InChI=1S/C20H24N6O3/c1-22-17-16(18(27)26(20(22)28)8-7-23-11-13-29-14-12-23)25-10-9-24(19(25)21-17)15-5-3-2-4-6-15/h2-6H,7-14H2,1H3. The third kappa shape index (κ3) is 2.97. The Morgan fingerprint density at radius 1 is 1.00 bits per heavy atom. The molecule has 1 fully saturated rings. The van der Waals surface area contributed by atoms with Crippen LogP contribution in [0, 0.1) is 0 Å². The van der Waals surface area contributed by atoms with Crippen LogP contribution in [-0.2, 0) is 24.9 Å². The lowest BCUT2D eigenvalue weighted by Gasteiger charge is -2.26. The van der Waals surface area contributed by atoms with Gasteiger partial charge in [0, 0.05) is 52.0 Å². The van der Waals surface area contributed by atoms with E-state index in [1.807, 2.05) is 34.9 Å². The van der Waals surface area contributed by atoms with Crippen LogP contribution in [0.5, 0.6) is 0 Å². The number of ether oxygens (including phenoxy) is 1. The maximum Gasteiger partial charge on any atom is 0.332 e. The molecule has 0 spiro atoms. The second-order valence-corrected chi connectivity index (χ2v) is 7.48. The van der Waals surface area contributed by atoms with Gasteiger partial charge in [0.1, 0.15) is 0 Å². The van der Waals surface area contributed by atoms with Gasteiger partial charge in [-0.1, -0.05) is 18.2 Å². The fourth-order valence-electron chi connectivity index (χ4n) is 4.19. The van der Waals surface area contributed by atoms with Crippen LogP contribution >= 0.6 is 0 Å². The van der Waals surface area contributed by atoms with Crippen LogP contribution in [-0.4, -0.2) is 63.0 Å². The van der Waals surface area contributed by atoms with Crippen LogP contribution in [0.4, 0.5) is 11.6 Å². The Hall–Kier alpha value is -2.91. The minimum atomic E-state index is -0.321. The van der Waals surface area contributed by atoms with Crippen LogP contribution in [0.25, 0.3) is 11.2 Å². The number of hydrogen-bond donors (Lipinski definition) is 0. The molecule has 0 unspecified atom stereocenters. The van der Waals surface area contributed by atoms with Gasteiger partial charge >= 0.3 is 5.69 Å². The van der Waals surface area contributed by atoms with E-state index in [9.17, 15) is 9.59 Å². The van der Waals surface area contributed by atoms with Crippen LogP contribution in [0.2, 0.25) is 0 Å². The third-order valence-corrected chi connectivity index (χ3v) is 5.81. The zero-order valence-electron chi connectivity index (χ0n) is 16.5. The second-order valence-electron chi connectivity index (χ2n) is 7.48. The van der Waals surface area contributed by atoms with Crippen molar-refractivity contribution in [2.75, 3.05) is 44.3 Å². The molecule has 2 aliphatic rings. The van der Waals surface area contributed by atoms with E-state index in [-0.39, 0.29) is 11.2 Å².